The third-order valence-corrected chi connectivity index (χ3v) is 4.35. The number of nitrogens with one attached hydrogen (secondary N) is 1. The van der Waals surface area contributed by atoms with Crippen LogP contribution in [0.15, 0.2) is 59.1 Å². The average Bonchev–Trinajstić information content (AvgIpc) is 2.51. The van der Waals surface area contributed by atoms with Gasteiger partial charge in [0.1, 0.15) is 0 Å². The van der Waals surface area contributed by atoms with E-state index in [1.807, 2.05) is 0 Å². The zero-order valence-electron chi connectivity index (χ0n) is 11.4. The lowest BCUT2D eigenvalue weighted by Crippen LogP contribution is -2.42. The van der Waals surface area contributed by atoms with Crippen LogP contribution < -0.4 is 5.32 Å². The van der Waals surface area contributed by atoms with E-state index >= 15 is 0 Å². The summed E-state index contributed by atoms with van der Waals surface area (Å²) >= 11 is 3.48. The Balaban J connectivity index is 1.55. The Kier molecular flexibility index (Phi) is 4.51. The fourth-order valence-electron chi connectivity index (χ4n) is 2.68. The summed E-state index contributed by atoms with van der Waals surface area (Å²) in [5.74, 6) is 0. The van der Waals surface area contributed by atoms with E-state index in [9.17, 15) is 0 Å². The van der Waals surface area contributed by atoms with Gasteiger partial charge in [0.2, 0.25) is 0 Å². The number of benzene rings is 2. The molecule has 0 unspecified atom stereocenters. The molecule has 0 amide bonds. The molecule has 2 aromatic rings. The van der Waals surface area contributed by atoms with Crippen LogP contribution in [0, 0.1) is 0 Å². The molecule has 2 aromatic carbocycles. The minimum Gasteiger partial charge on any atom is -0.297 e. The van der Waals surface area contributed by atoms with Crippen molar-refractivity contribution in [3.63, 3.8) is 0 Å². The number of hydrogen-bond donors (Lipinski definition) is 1. The summed E-state index contributed by atoms with van der Waals surface area (Å²) in [5.41, 5.74) is 2.77. The van der Waals surface area contributed by atoms with Gasteiger partial charge in [0.25, 0.3) is 0 Å². The van der Waals surface area contributed by atoms with Crippen LogP contribution >= 0.6 is 15.9 Å². The van der Waals surface area contributed by atoms with Gasteiger partial charge >= 0.3 is 0 Å². The summed E-state index contributed by atoms with van der Waals surface area (Å²) in [4.78, 5) is 2.46. The lowest BCUT2D eigenvalue weighted by molar-refractivity contribution is 0.175. The van der Waals surface area contributed by atoms with Crippen LogP contribution in [0.3, 0.4) is 0 Å². The topological polar surface area (TPSA) is 15.3 Å². The molecular formula is C17H19BrN2. The molecule has 1 atom stereocenters. The molecule has 0 aliphatic carbocycles. The highest BCUT2D eigenvalue weighted by Crippen LogP contribution is 2.21. The smallest absolute Gasteiger partial charge is 0.0488 e. The van der Waals surface area contributed by atoms with Crippen molar-refractivity contribution in [1.29, 1.82) is 0 Å². The van der Waals surface area contributed by atoms with Gasteiger partial charge in [-0.05, 0) is 29.7 Å². The van der Waals surface area contributed by atoms with Crippen molar-refractivity contribution in [2.24, 2.45) is 0 Å². The fraction of sp³-hybridized carbons (Fsp3) is 0.294. The average molecular weight is 331 g/mol. The molecule has 20 heavy (non-hydrogen) atoms. The number of halogens is 1. The molecular weight excluding hydrogens is 312 g/mol. The maximum atomic E-state index is 3.63. The quantitative estimate of drug-likeness (QED) is 0.916. The van der Waals surface area contributed by atoms with Crippen LogP contribution in [0.2, 0.25) is 0 Å². The molecule has 1 N–H and O–H groups in total. The maximum Gasteiger partial charge on any atom is 0.0488 e. The van der Waals surface area contributed by atoms with Crippen LogP contribution in [-0.4, -0.2) is 18.1 Å². The van der Waals surface area contributed by atoms with Crippen LogP contribution in [0.4, 0.5) is 0 Å². The second kappa shape index (κ2) is 6.53. The van der Waals surface area contributed by atoms with Crippen LogP contribution in [0.1, 0.15) is 23.6 Å². The van der Waals surface area contributed by atoms with Crippen LogP contribution in [0.25, 0.3) is 0 Å². The summed E-state index contributed by atoms with van der Waals surface area (Å²) in [5, 5.41) is 3.63. The lowest BCUT2D eigenvalue weighted by Gasteiger charge is -2.33. The predicted octanol–water partition coefficient (Wildman–Crippen LogP) is 3.94. The summed E-state index contributed by atoms with van der Waals surface area (Å²) < 4.78 is 1.14. The second-order valence-corrected chi connectivity index (χ2v) is 6.21. The van der Waals surface area contributed by atoms with E-state index in [2.05, 4.69) is 80.7 Å². The zero-order valence-corrected chi connectivity index (χ0v) is 13.0. The minimum atomic E-state index is 0.498. The van der Waals surface area contributed by atoms with Gasteiger partial charge in [-0.15, -0.1) is 0 Å². The fourth-order valence-corrected chi connectivity index (χ4v) is 2.95. The van der Waals surface area contributed by atoms with Gasteiger partial charge in [-0.1, -0.05) is 58.4 Å². The third-order valence-electron chi connectivity index (χ3n) is 3.82. The van der Waals surface area contributed by atoms with Crippen molar-refractivity contribution >= 4 is 15.9 Å². The molecule has 3 heteroatoms. The lowest BCUT2D eigenvalue weighted by atomic mass is 10.0. The molecule has 0 radical (unpaired) electrons. The van der Waals surface area contributed by atoms with E-state index in [-0.39, 0.29) is 0 Å². The molecule has 2 nitrogen and oxygen atoms in total. The highest BCUT2D eigenvalue weighted by atomic mass is 79.9. The summed E-state index contributed by atoms with van der Waals surface area (Å²) in [7, 11) is 0. The standard InChI is InChI=1S/C17H19BrN2/c18-16-8-6-14(7-9-16)12-20-11-10-17(19-13-20)15-4-2-1-3-5-15/h1-9,17,19H,10-13H2/t17-/m1/s1. The first-order valence-electron chi connectivity index (χ1n) is 7.06. The number of hydrogen-bond acceptors (Lipinski definition) is 2. The molecule has 1 fully saturated rings. The summed E-state index contributed by atoms with van der Waals surface area (Å²) in [6, 6.07) is 19.8. The zero-order chi connectivity index (χ0) is 13.8. The summed E-state index contributed by atoms with van der Waals surface area (Å²) in [6.07, 6.45) is 1.17. The van der Waals surface area contributed by atoms with Gasteiger partial charge in [0.05, 0.1) is 0 Å². The molecule has 0 bridgehead atoms. The van der Waals surface area contributed by atoms with E-state index in [0.717, 1.165) is 24.2 Å². The maximum absolute atomic E-state index is 3.63. The molecule has 1 saturated heterocycles. The van der Waals surface area contributed by atoms with Crippen LogP contribution in [-0.2, 0) is 6.54 Å². The van der Waals surface area contributed by atoms with Crippen molar-refractivity contribution < 1.29 is 0 Å². The Bertz CT molecular complexity index is 531. The normalized spacial score (nSPS) is 19.9. The van der Waals surface area contributed by atoms with Crippen molar-refractivity contribution in [1.82, 2.24) is 10.2 Å². The Labute approximate surface area is 128 Å². The molecule has 1 aliphatic rings. The number of rotatable bonds is 3. The largest absolute Gasteiger partial charge is 0.297 e. The minimum absolute atomic E-state index is 0.498. The highest BCUT2D eigenvalue weighted by Gasteiger charge is 2.19. The molecule has 3 rings (SSSR count). The first kappa shape index (κ1) is 13.8. The van der Waals surface area contributed by atoms with Gasteiger partial charge < -0.3 is 0 Å². The van der Waals surface area contributed by atoms with Gasteiger partial charge in [0.15, 0.2) is 0 Å². The molecule has 0 spiro atoms. The van der Waals surface area contributed by atoms with Crippen molar-refractivity contribution in [3.8, 4) is 0 Å². The second-order valence-electron chi connectivity index (χ2n) is 5.29. The van der Waals surface area contributed by atoms with E-state index in [1.54, 1.807) is 0 Å². The van der Waals surface area contributed by atoms with Crippen molar-refractivity contribution in [2.45, 2.75) is 19.0 Å². The first-order chi connectivity index (χ1) is 9.81. The number of nitrogens with zero attached hydrogens (tertiary/aromatic N) is 1. The van der Waals surface area contributed by atoms with Crippen LogP contribution in [0.5, 0.6) is 0 Å². The Morgan fingerprint density at radius 1 is 1.05 bits per heavy atom. The molecule has 104 valence electrons. The van der Waals surface area contributed by atoms with Gasteiger partial charge in [-0.2, -0.15) is 0 Å². The summed E-state index contributed by atoms with van der Waals surface area (Å²) in [6.45, 7) is 3.11. The highest BCUT2D eigenvalue weighted by molar-refractivity contribution is 9.10. The van der Waals surface area contributed by atoms with Crippen molar-refractivity contribution in [3.05, 3.63) is 70.2 Å². The van der Waals surface area contributed by atoms with E-state index in [4.69, 9.17) is 0 Å². The van der Waals surface area contributed by atoms with Gasteiger partial charge in [0, 0.05) is 30.3 Å². The van der Waals surface area contributed by atoms with Gasteiger partial charge in [-0.25, -0.2) is 0 Å². The Hall–Kier alpha value is -1.16. The molecule has 0 aromatic heterocycles. The van der Waals surface area contributed by atoms with E-state index < -0.39 is 0 Å². The molecule has 1 heterocycles. The monoisotopic (exact) mass is 330 g/mol. The molecule has 0 saturated carbocycles. The third kappa shape index (κ3) is 3.48. The van der Waals surface area contributed by atoms with Crippen molar-refractivity contribution in [2.75, 3.05) is 13.2 Å². The van der Waals surface area contributed by atoms with E-state index in [0.29, 0.717) is 6.04 Å². The first-order valence-corrected chi connectivity index (χ1v) is 7.86. The molecule has 1 aliphatic heterocycles. The van der Waals surface area contributed by atoms with Gasteiger partial charge in [-0.3, -0.25) is 10.2 Å². The Morgan fingerprint density at radius 3 is 2.45 bits per heavy atom. The predicted molar refractivity (Wildman–Crippen MR) is 86.4 cm³/mol. The Morgan fingerprint density at radius 2 is 1.80 bits per heavy atom. The van der Waals surface area contributed by atoms with E-state index in [1.165, 1.54) is 17.5 Å². The SMILES string of the molecule is Brc1ccc(CN2CC[C@H](c3ccccc3)NC2)cc1.